The van der Waals surface area contributed by atoms with E-state index in [4.69, 9.17) is 0 Å². The Bertz CT molecular complexity index is 8.00. The highest BCUT2D eigenvalue weighted by Gasteiger charge is 1.59. The van der Waals surface area contributed by atoms with E-state index in [1.54, 1.807) is 8.05 Å². The van der Waals surface area contributed by atoms with Crippen LogP contribution in [0.5, 0.6) is 0 Å². The molecule has 0 N–H and O–H groups in total. The van der Waals surface area contributed by atoms with Crippen molar-refractivity contribution in [2.45, 2.75) is 6.82 Å². The predicted molar refractivity (Wildman–Crippen MR) is 22.6 cm³/mol. The van der Waals surface area contributed by atoms with Crippen molar-refractivity contribution in [3.63, 3.8) is 0 Å². The van der Waals surface area contributed by atoms with Crippen LogP contribution in [0, 0.1) is 0 Å². The van der Waals surface area contributed by atoms with Crippen molar-refractivity contribution in [2.75, 3.05) is 0 Å². The Morgan fingerprint density at radius 1 is 2.00 bits per heavy atom. The summed E-state index contributed by atoms with van der Waals surface area (Å²) in [6.45, 7) is 1.96. The second kappa shape index (κ2) is 3.09. The van der Waals surface area contributed by atoms with Crippen molar-refractivity contribution in [3.05, 3.63) is 0 Å². The number of hydrogen-bond donors (Lipinski definition) is 0. The molecule has 4 heavy (non-hydrogen) atoms. The zero-order valence-electron chi connectivity index (χ0n) is 3.12. The molecule has 3 heteroatoms. The minimum absolute atomic E-state index is 0.819. The van der Waals surface area contributed by atoms with Gasteiger partial charge in [0.1, 0.15) is 0 Å². The SMILES string of the molecule is BOBC. The summed E-state index contributed by atoms with van der Waals surface area (Å²) in [4.78, 5) is 0. The van der Waals surface area contributed by atoms with Crippen LogP contribution in [0.1, 0.15) is 0 Å². The van der Waals surface area contributed by atoms with Crippen molar-refractivity contribution in [1.29, 1.82) is 0 Å². The second-order valence-corrected chi connectivity index (χ2v) is 0.577. The third-order valence-corrected chi connectivity index (χ3v) is 0.289. The van der Waals surface area contributed by atoms with E-state index in [0.717, 1.165) is 7.48 Å². The molecule has 0 aliphatic rings. The van der Waals surface area contributed by atoms with Gasteiger partial charge in [-0.3, -0.25) is 0 Å². The largest absolute Gasteiger partial charge is 0.507 e. The van der Waals surface area contributed by atoms with E-state index in [-0.39, 0.29) is 0 Å². The fraction of sp³-hybridized carbons (Fsp3) is 1.00. The van der Waals surface area contributed by atoms with Gasteiger partial charge in [-0.05, 0) is 0 Å². The molecule has 0 rings (SSSR count). The van der Waals surface area contributed by atoms with Crippen LogP contribution in [0.25, 0.3) is 0 Å². The lowest BCUT2D eigenvalue weighted by molar-refractivity contribution is 0.671. The molecule has 0 bridgehead atoms. The van der Waals surface area contributed by atoms with Gasteiger partial charge in [0, 0.05) is 0 Å². The third kappa shape index (κ3) is 2.09. The van der Waals surface area contributed by atoms with E-state index in [2.05, 4.69) is 4.57 Å². The monoisotopic (exact) mass is 56.1 g/mol. The molecule has 1 nitrogen and oxygen atoms in total. The van der Waals surface area contributed by atoms with Crippen LogP contribution < -0.4 is 0 Å². The summed E-state index contributed by atoms with van der Waals surface area (Å²) >= 11 is 0. The first kappa shape index (κ1) is 4.09. The molecule has 0 amide bonds. The standard InChI is InChI=1S/CH6B2O/c1-3-4-2/h3H,2H2,1H3. The molecular weight excluding hydrogens is 49.6 g/mol. The first-order valence-electron chi connectivity index (χ1n) is 1.40. The minimum Gasteiger partial charge on any atom is -0.507 e. The fourth-order valence-electron chi connectivity index (χ4n) is 0. The normalized spacial score (nSPS) is 6.25. The lowest BCUT2D eigenvalue weighted by atomic mass is 10.1. The highest BCUT2D eigenvalue weighted by atomic mass is 16.4. The lowest BCUT2D eigenvalue weighted by Gasteiger charge is -1.73. The highest BCUT2D eigenvalue weighted by Crippen LogP contribution is 1.45. The van der Waals surface area contributed by atoms with Crippen LogP contribution in [-0.4, -0.2) is 15.5 Å². The summed E-state index contributed by atoms with van der Waals surface area (Å²) < 4.78 is 4.54. The van der Waals surface area contributed by atoms with Gasteiger partial charge in [0.25, 0.3) is 7.48 Å². The van der Waals surface area contributed by atoms with Gasteiger partial charge in [-0.1, -0.05) is 6.82 Å². The van der Waals surface area contributed by atoms with E-state index in [1.165, 1.54) is 0 Å². The molecule has 0 unspecified atom stereocenters. The van der Waals surface area contributed by atoms with Gasteiger partial charge >= 0.3 is 0 Å². The van der Waals surface area contributed by atoms with Crippen molar-refractivity contribution in [1.82, 2.24) is 0 Å². The number of rotatable bonds is 1. The fourth-order valence-corrected chi connectivity index (χ4v) is 0. The molecule has 0 spiro atoms. The Balaban J connectivity index is 1.97. The maximum atomic E-state index is 4.54. The molecule has 0 aliphatic carbocycles. The minimum atomic E-state index is 0.819. The van der Waals surface area contributed by atoms with E-state index < -0.39 is 0 Å². The Labute approximate surface area is 28.1 Å². The molecule has 0 saturated heterocycles. The Morgan fingerprint density at radius 2 is 2.25 bits per heavy atom. The predicted octanol–water partition coefficient (Wildman–Crippen LogP) is -1.05. The van der Waals surface area contributed by atoms with Gasteiger partial charge in [0.2, 0.25) is 8.05 Å². The van der Waals surface area contributed by atoms with Crippen LogP contribution in [0.2, 0.25) is 6.82 Å². The smallest absolute Gasteiger partial charge is 0.253 e. The van der Waals surface area contributed by atoms with E-state index >= 15 is 0 Å². The van der Waals surface area contributed by atoms with Crippen molar-refractivity contribution in [3.8, 4) is 0 Å². The van der Waals surface area contributed by atoms with Gasteiger partial charge in [-0.15, -0.1) is 0 Å². The maximum Gasteiger partial charge on any atom is 0.253 e. The van der Waals surface area contributed by atoms with Crippen molar-refractivity contribution in [2.24, 2.45) is 0 Å². The average molecular weight is 55.7 g/mol. The third-order valence-electron chi connectivity index (χ3n) is 0.289. The van der Waals surface area contributed by atoms with Gasteiger partial charge in [0.05, 0.1) is 0 Å². The zero-order valence-corrected chi connectivity index (χ0v) is 3.12. The molecule has 0 radical (unpaired) electrons. The van der Waals surface area contributed by atoms with Crippen LogP contribution in [0.3, 0.4) is 0 Å². The first-order chi connectivity index (χ1) is 1.91. The van der Waals surface area contributed by atoms with E-state index in [1.807, 2.05) is 6.82 Å². The van der Waals surface area contributed by atoms with Crippen LogP contribution in [0.4, 0.5) is 0 Å². The lowest BCUT2D eigenvalue weighted by Crippen LogP contribution is -1.82. The molecule has 0 aliphatic heterocycles. The van der Waals surface area contributed by atoms with Crippen LogP contribution in [-0.2, 0) is 4.57 Å². The van der Waals surface area contributed by atoms with E-state index in [9.17, 15) is 0 Å². The first-order valence-corrected chi connectivity index (χ1v) is 1.40. The molecule has 0 fully saturated rings. The molecule has 0 aromatic carbocycles. The Hall–Kier alpha value is 0.0899. The topological polar surface area (TPSA) is 9.23 Å². The molecule has 0 heterocycles. The van der Waals surface area contributed by atoms with Crippen molar-refractivity contribution < 1.29 is 4.57 Å². The molecule has 0 aromatic rings. The van der Waals surface area contributed by atoms with E-state index in [0.29, 0.717) is 0 Å². The van der Waals surface area contributed by atoms with Gasteiger partial charge in [-0.25, -0.2) is 0 Å². The summed E-state index contributed by atoms with van der Waals surface area (Å²) in [5, 5.41) is 0. The quantitative estimate of drug-likeness (QED) is 0.348. The highest BCUT2D eigenvalue weighted by molar-refractivity contribution is 6.32. The second-order valence-electron chi connectivity index (χ2n) is 0.577. The van der Waals surface area contributed by atoms with Crippen LogP contribution >= 0.6 is 0 Å². The summed E-state index contributed by atoms with van der Waals surface area (Å²) in [5.41, 5.74) is 0. The Morgan fingerprint density at radius 3 is 2.25 bits per heavy atom. The molecular formula is CH6B2O. The summed E-state index contributed by atoms with van der Waals surface area (Å²) in [7, 11) is 2.50. The average Bonchev–Trinajstić information content (AvgIpc) is 1.37. The van der Waals surface area contributed by atoms with Crippen molar-refractivity contribution >= 4 is 15.5 Å². The molecule has 0 saturated carbocycles. The summed E-state index contributed by atoms with van der Waals surface area (Å²) in [6, 6.07) is 0. The zero-order chi connectivity index (χ0) is 3.41. The molecule has 0 aromatic heterocycles. The maximum absolute atomic E-state index is 4.54. The van der Waals surface area contributed by atoms with Crippen LogP contribution in [0.15, 0.2) is 0 Å². The van der Waals surface area contributed by atoms with Gasteiger partial charge < -0.3 is 4.57 Å². The number of hydrogen-bond acceptors (Lipinski definition) is 1. The Kier molecular flexibility index (Phi) is 3.16. The van der Waals surface area contributed by atoms with Gasteiger partial charge in [-0.2, -0.15) is 0 Å². The van der Waals surface area contributed by atoms with Gasteiger partial charge in [0.15, 0.2) is 0 Å². The molecule has 22 valence electrons. The summed E-state index contributed by atoms with van der Waals surface area (Å²) in [6.07, 6.45) is 0. The molecule has 0 atom stereocenters. The summed E-state index contributed by atoms with van der Waals surface area (Å²) in [5.74, 6) is 0.